The van der Waals surface area contributed by atoms with Crippen molar-refractivity contribution in [2.75, 3.05) is 18.4 Å². The van der Waals surface area contributed by atoms with Gasteiger partial charge in [0.25, 0.3) is 21.8 Å². The normalized spacial score (nSPS) is 16.2. The van der Waals surface area contributed by atoms with E-state index < -0.39 is 34.3 Å². The molecule has 2 aliphatic heterocycles. The van der Waals surface area contributed by atoms with Crippen molar-refractivity contribution < 1.29 is 22.8 Å². The van der Waals surface area contributed by atoms with Gasteiger partial charge in [-0.05, 0) is 43.2 Å². The predicted molar refractivity (Wildman–Crippen MR) is 118 cm³/mol. The Labute approximate surface area is 185 Å². The topological polar surface area (TPSA) is 125 Å². The molecule has 2 aromatic carbocycles. The van der Waals surface area contributed by atoms with E-state index in [1.54, 1.807) is 12.1 Å². The fraction of sp³-hybridized carbons (Fsp3) is 0.273. The molecule has 166 valence electrons. The molecule has 0 fully saturated rings. The number of fused-ring (bicyclic) bond motifs is 1. The molecule has 2 aromatic rings. The zero-order valence-electron chi connectivity index (χ0n) is 17.2. The number of amidine groups is 1. The van der Waals surface area contributed by atoms with Gasteiger partial charge >= 0.3 is 0 Å². The van der Waals surface area contributed by atoms with Gasteiger partial charge in [-0.15, -0.1) is 0 Å². The highest BCUT2D eigenvalue weighted by Gasteiger charge is 2.36. The summed E-state index contributed by atoms with van der Waals surface area (Å²) in [5.74, 6) is -1.26. The molecule has 0 spiro atoms. The van der Waals surface area contributed by atoms with E-state index in [1.807, 2.05) is 0 Å². The summed E-state index contributed by atoms with van der Waals surface area (Å²) < 4.78 is 28.0. The number of benzene rings is 2. The molecular formula is C22H22N4O5S. The number of sulfonamides is 1. The van der Waals surface area contributed by atoms with Gasteiger partial charge in [-0.1, -0.05) is 24.6 Å². The van der Waals surface area contributed by atoms with Crippen LogP contribution in [0.15, 0.2) is 58.4 Å². The van der Waals surface area contributed by atoms with Crippen LogP contribution in [-0.2, 0) is 14.8 Å². The first-order valence-electron chi connectivity index (χ1n) is 10.3. The minimum atomic E-state index is -3.86. The summed E-state index contributed by atoms with van der Waals surface area (Å²) in [6, 6.07) is 12.1. The molecular weight excluding hydrogens is 432 g/mol. The van der Waals surface area contributed by atoms with Crippen LogP contribution in [0.4, 0.5) is 5.69 Å². The second-order valence-electron chi connectivity index (χ2n) is 7.56. The molecule has 0 radical (unpaired) electrons. The maximum absolute atomic E-state index is 12.7. The number of nitrogens with zero attached hydrogens (tertiary/aromatic N) is 2. The Balaban J connectivity index is 1.44. The Morgan fingerprint density at radius 2 is 1.69 bits per heavy atom. The average Bonchev–Trinajstić information content (AvgIpc) is 2.94. The summed E-state index contributed by atoms with van der Waals surface area (Å²) in [6.45, 7) is 0.115. The van der Waals surface area contributed by atoms with Gasteiger partial charge in [0.1, 0.15) is 12.4 Å². The lowest BCUT2D eigenvalue weighted by atomic mass is 10.1. The average molecular weight is 455 g/mol. The molecule has 2 aliphatic rings. The van der Waals surface area contributed by atoms with Crippen LogP contribution in [0.3, 0.4) is 0 Å². The van der Waals surface area contributed by atoms with Crippen LogP contribution in [0.2, 0.25) is 0 Å². The van der Waals surface area contributed by atoms with Crippen LogP contribution in [0, 0.1) is 0 Å². The number of hydrogen-bond donors (Lipinski definition) is 2. The first-order chi connectivity index (χ1) is 15.3. The van der Waals surface area contributed by atoms with Crippen molar-refractivity contribution >= 4 is 39.3 Å². The van der Waals surface area contributed by atoms with Crippen molar-refractivity contribution in [2.24, 2.45) is 4.99 Å². The van der Waals surface area contributed by atoms with Crippen molar-refractivity contribution in [1.82, 2.24) is 9.62 Å². The Hall–Kier alpha value is -3.53. The Morgan fingerprint density at radius 1 is 0.969 bits per heavy atom. The minimum Gasteiger partial charge on any atom is -0.324 e. The molecule has 0 unspecified atom stereocenters. The van der Waals surface area contributed by atoms with Gasteiger partial charge in [0, 0.05) is 18.7 Å². The van der Waals surface area contributed by atoms with Gasteiger partial charge in [-0.2, -0.15) is 0 Å². The number of rotatable bonds is 5. The smallest absolute Gasteiger partial charge is 0.262 e. The Bertz CT molecular complexity index is 1190. The highest BCUT2D eigenvalue weighted by molar-refractivity contribution is 7.90. The van der Waals surface area contributed by atoms with E-state index in [9.17, 15) is 22.8 Å². The van der Waals surface area contributed by atoms with Gasteiger partial charge in [0.05, 0.1) is 16.0 Å². The monoisotopic (exact) mass is 454 g/mol. The largest absolute Gasteiger partial charge is 0.324 e. The number of nitrogens with one attached hydrogen (secondary N) is 2. The van der Waals surface area contributed by atoms with Crippen LogP contribution < -0.4 is 10.0 Å². The fourth-order valence-electron chi connectivity index (χ4n) is 3.64. The van der Waals surface area contributed by atoms with Crippen LogP contribution in [-0.4, -0.2) is 50.0 Å². The first-order valence-corrected chi connectivity index (χ1v) is 11.7. The zero-order chi connectivity index (χ0) is 22.7. The lowest BCUT2D eigenvalue weighted by Gasteiger charge is -2.14. The third kappa shape index (κ3) is 4.54. The van der Waals surface area contributed by atoms with Crippen LogP contribution >= 0.6 is 0 Å². The van der Waals surface area contributed by atoms with E-state index in [2.05, 4.69) is 15.0 Å². The maximum Gasteiger partial charge on any atom is 0.262 e. The summed E-state index contributed by atoms with van der Waals surface area (Å²) in [7, 11) is -3.86. The molecule has 9 nitrogen and oxygen atoms in total. The number of amides is 3. The summed E-state index contributed by atoms with van der Waals surface area (Å²) in [5.41, 5.74) is 0.745. The number of carbonyl (C=O) groups excluding carboxylic acids is 3. The number of aliphatic imine (C=N–C) groups is 1. The van der Waals surface area contributed by atoms with E-state index in [-0.39, 0.29) is 21.7 Å². The highest BCUT2D eigenvalue weighted by atomic mass is 32.2. The SMILES string of the molecule is O=C(CN1C(=O)c2ccccc2C1=O)Nc1cccc(S(=O)(=O)NC2=NCCCCC2)c1. The lowest BCUT2D eigenvalue weighted by Crippen LogP contribution is -2.37. The van der Waals surface area contributed by atoms with Gasteiger partial charge in [0.2, 0.25) is 5.91 Å². The van der Waals surface area contributed by atoms with Gasteiger partial charge in [-0.3, -0.25) is 29.0 Å². The molecule has 2 heterocycles. The summed E-state index contributed by atoms with van der Waals surface area (Å²) >= 11 is 0. The molecule has 4 rings (SSSR count). The Kier molecular flexibility index (Phi) is 6.04. The van der Waals surface area contributed by atoms with E-state index in [4.69, 9.17) is 0 Å². The Morgan fingerprint density at radius 3 is 2.41 bits per heavy atom. The number of imide groups is 1. The van der Waals surface area contributed by atoms with E-state index >= 15 is 0 Å². The van der Waals surface area contributed by atoms with Crippen LogP contribution in [0.1, 0.15) is 46.4 Å². The number of hydrogen-bond acceptors (Lipinski definition) is 6. The molecule has 0 atom stereocenters. The fourth-order valence-corrected chi connectivity index (χ4v) is 4.77. The minimum absolute atomic E-state index is 0.0250. The molecule has 3 amide bonds. The number of carbonyl (C=O) groups is 3. The molecule has 0 bridgehead atoms. The lowest BCUT2D eigenvalue weighted by molar-refractivity contribution is -0.116. The standard InChI is InChI=1S/C22H22N4O5S/c27-20(14-26-21(28)17-9-3-4-10-18(17)22(26)29)24-15-7-6-8-16(13-15)32(30,31)25-19-11-2-1-5-12-23-19/h3-4,6-10,13H,1-2,5,11-12,14H2,(H,23,25)(H,24,27). The quantitative estimate of drug-likeness (QED) is 0.670. The number of anilines is 1. The highest BCUT2D eigenvalue weighted by Crippen LogP contribution is 2.22. The molecule has 10 heteroatoms. The molecule has 0 saturated carbocycles. The van der Waals surface area contributed by atoms with Crippen molar-refractivity contribution in [2.45, 2.75) is 30.6 Å². The van der Waals surface area contributed by atoms with Crippen molar-refractivity contribution in [1.29, 1.82) is 0 Å². The van der Waals surface area contributed by atoms with E-state index in [1.165, 1.54) is 36.4 Å². The third-order valence-corrected chi connectivity index (χ3v) is 6.61. The van der Waals surface area contributed by atoms with Gasteiger partial charge in [-0.25, -0.2) is 8.42 Å². The molecule has 0 aromatic heterocycles. The predicted octanol–water partition coefficient (Wildman–Crippen LogP) is 2.17. The molecule has 32 heavy (non-hydrogen) atoms. The van der Waals surface area contributed by atoms with Crippen LogP contribution in [0.5, 0.6) is 0 Å². The van der Waals surface area contributed by atoms with Crippen molar-refractivity contribution in [3.05, 3.63) is 59.7 Å². The van der Waals surface area contributed by atoms with Crippen molar-refractivity contribution in [3.8, 4) is 0 Å². The van der Waals surface area contributed by atoms with Crippen molar-refractivity contribution in [3.63, 3.8) is 0 Å². The summed E-state index contributed by atoms with van der Waals surface area (Å²) in [4.78, 5) is 42.4. The zero-order valence-corrected chi connectivity index (χ0v) is 18.0. The second-order valence-corrected chi connectivity index (χ2v) is 9.25. The third-order valence-electron chi connectivity index (χ3n) is 5.23. The van der Waals surface area contributed by atoms with Gasteiger partial charge in [0.15, 0.2) is 0 Å². The van der Waals surface area contributed by atoms with E-state index in [0.717, 1.165) is 24.2 Å². The van der Waals surface area contributed by atoms with Gasteiger partial charge < -0.3 is 5.32 Å². The van der Waals surface area contributed by atoms with E-state index in [0.29, 0.717) is 18.8 Å². The summed E-state index contributed by atoms with van der Waals surface area (Å²) in [5, 5.41) is 2.56. The second kappa shape index (κ2) is 8.91. The molecule has 0 aliphatic carbocycles. The maximum atomic E-state index is 12.7. The molecule has 2 N–H and O–H groups in total. The first kappa shape index (κ1) is 21.7. The van der Waals surface area contributed by atoms with Crippen LogP contribution in [0.25, 0.3) is 0 Å². The summed E-state index contributed by atoms with van der Waals surface area (Å²) in [6.07, 6.45) is 3.37. The molecule has 0 saturated heterocycles.